The number of anilines is 1. The first kappa shape index (κ1) is 33.2. The number of nitrogens with zero attached hydrogens (tertiary/aromatic N) is 2. The Morgan fingerprint density at radius 3 is 2.11 bits per heavy atom. The van der Waals surface area contributed by atoms with Crippen LogP contribution in [-0.2, 0) is 32.6 Å². The van der Waals surface area contributed by atoms with E-state index in [1.807, 2.05) is 30.3 Å². The van der Waals surface area contributed by atoms with Crippen LogP contribution in [0.3, 0.4) is 0 Å². The summed E-state index contributed by atoms with van der Waals surface area (Å²) in [5.41, 5.74) is 1.12. The molecule has 4 aromatic carbocycles. The molecule has 1 aliphatic carbocycles. The topological polar surface area (TPSA) is 86.8 Å². The van der Waals surface area contributed by atoms with Crippen LogP contribution >= 0.6 is 11.6 Å². The minimum Gasteiger partial charge on any atom is -0.352 e. The summed E-state index contributed by atoms with van der Waals surface area (Å²) in [6, 6.07) is 28.4. The van der Waals surface area contributed by atoms with Crippen LogP contribution in [0.4, 0.5) is 10.1 Å². The zero-order valence-corrected chi connectivity index (χ0v) is 27.0. The Morgan fingerprint density at radius 1 is 0.826 bits per heavy atom. The quantitative estimate of drug-likeness (QED) is 0.182. The molecule has 7 nitrogen and oxygen atoms in total. The summed E-state index contributed by atoms with van der Waals surface area (Å²) >= 11 is 6.51. The maximum atomic E-state index is 15.1. The fourth-order valence-corrected chi connectivity index (χ4v) is 7.54. The lowest BCUT2D eigenvalue weighted by molar-refractivity contribution is -0.140. The molecule has 0 spiro atoms. The Hall–Kier alpha value is -4.21. The molecule has 5 rings (SSSR count). The number of benzene rings is 4. The summed E-state index contributed by atoms with van der Waals surface area (Å²) in [5, 5.41) is 3.28. The van der Waals surface area contributed by atoms with E-state index >= 15 is 4.39 Å². The molecule has 1 N–H and O–H groups in total. The van der Waals surface area contributed by atoms with E-state index in [1.54, 1.807) is 54.6 Å². The van der Waals surface area contributed by atoms with Gasteiger partial charge in [0.15, 0.2) is 0 Å². The van der Waals surface area contributed by atoms with Gasteiger partial charge in [-0.1, -0.05) is 110 Å². The van der Waals surface area contributed by atoms with Crippen LogP contribution < -0.4 is 9.62 Å². The molecule has 0 aliphatic heterocycles. The van der Waals surface area contributed by atoms with Crippen LogP contribution in [0.15, 0.2) is 114 Å². The predicted molar refractivity (Wildman–Crippen MR) is 178 cm³/mol. The molecule has 1 fully saturated rings. The highest BCUT2D eigenvalue weighted by Crippen LogP contribution is 2.31. The number of hydrogen-bond acceptors (Lipinski definition) is 4. The molecule has 0 heterocycles. The van der Waals surface area contributed by atoms with E-state index in [-0.39, 0.29) is 46.1 Å². The molecule has 4 aromatic rings. The summed E-state index contributed by atoms with van der Waals surface area (Å²) in [5.74, 6) is -1.58. The number of para-hydroxylation sites is 1. The normalized spacial score (nSPS) is 14.3. The largest absolute Gasteiger partial charge is 0.352 e. The van der Waals surface area contributed by atoms with Gasteiger partial charge in [0.25, 0.3) is 10.0 Å². The first-order valence-electron chi connectivity index (χ1n) is 15.4. The van der Waals surface area contributed by atoms with Crippen LogP contribution in [0.2, 0.25) is 5.02 Å². The highest BCUT2D eigenvalue weighted by molar-refractivity contribution is 7.92. The predicted octanol–water partition coefficient (Wildman–Crippen LogP) is 6.76. The first-order valence-corrected chi connectivity index (χ1v) is 17.3. The molecule has 0 bridgehead atoms. The molecule has 240 valence electrons. The highest BCUT2D eigenvalue weighted by atomic mass is 35.5. The first-order chi connectivity index (χ1) is 22.2. The lowest BCUT2D eigenvalue weighted by Crippen LogP contribution is -2.55. The zero-order valence-electron chi connectivity index (χ0n) is 25.4. The molecule has 46 heavy (non-hydrogen) atoms. The van der Waals surface area contributed by atoms with Crippen molar-refractivity contribution in [2.24, 2.45) is 0 Å². The monoisotopic (exact) mass is 661 g/mol. The second-order valence-electron chi connectivity index (χ2n) is 11.4. The van der Waals surface area contributed by atoms with Gasteiger partial charge in [0, 0.05) is 24.6 Å². The second kappa shape index (κ2) is 15.4. The smallest absolute Gasteiger partial charge is 0.264 e. The molecule has 10 heteroatoms. The van der Waals surface area contributed by atoms with Crippen molar-refractivity contribution in [1.29, 1.82) is 0 Å². The van der Waals surface area contributed by atoms with Crippen molar-refractivity contribution in [3.8, 4) is 0 Å². The molecule has 1 aliphatic rings. The third-order valence-electron chi connectivity index (χ3n) is 8.25. The average molecular weight is 662 g/mol. The maximum absolute atomic E-state index is 15.1. The van der Waals surface area contributed by atoms with Crippen molar-refractivity contribution >= 4 is 39.1 Å². The van der Waals surface area contributed by atoms with Gasteiger partial charge in [0.2, 0.25) is 11.8 Å². The second-order valence-corrected chi connectivity index (χ2v) is 13.7. The summed E-state index contributed by atoms with van der Waals surface area (Å²) in [6.45, 7) is -0.916. The Labute approximate surface area is 275 Å². The Bertz CT molecular complexity index is 1730. The number of halogens is 2. The number of hydrogen-bond donors (Lipinski definition) is 1. The Kier molecular flexibility index (Phi) is 11.1. The number of rotatable bonds is 12. The lowest BCUT2D eigenvalue weighted by Gasteiger charge is -2.35. The summed E-state index contributed by atoms with van der Waals surface area (Å²) in [4.78, 5) is 29.9. The van der Waals surface area contributed by atoms with Crippen molar-refractivity contribution in [2.75, 3.05) is 10.8 Å². The van der Waals surface area contributed by atoms with Crippen molar-refractivity contribution in [3.63, 3.8) is 0 Å². The van der Waals surface area contributed by atoms with E-state index in [1.165, 1.54) is 29.2 Å². The molecule has 1 atom stereocenters. The molecule has 0 saturated heterocycles. The number of nitrogens with one attached hydrogen (secondary N) is 1. The fourth-order valence-electron chi connectivity index (χ4n) is 5.80. The van der Waals surface area contributed by atoms with Crippen molar-refractivity contribution in [1.82, 2.24) is 10.2 Å². The van der Waals surface area contributed by atoms with Crippen LogP contribution in [-0.4, -0.2) is 43.8 Å². The summed E-state index contributed by atoms with van der Waals surface area (Å²) in [6.07, 6.45) is 4.91. The number of carbonyl (C=O) groups is 2. The fraction of sp³-hybridized carbons (Fsp3) is 0.278. The van der Waals surface area contributed by atoms with Crippen molar-refractivity contribution in [2.45, 2.75) is 62.0 Å². The van der Waals surface area contributed by atoms with E-state index < -0.39 is 34.3 Å². The van der Waals surface area contributed by atoms with Gasteiger partial charge >= 0.3 is 0 Å². The van der Waals surface area contributed by atoms with E-state index in [4.69, 9.17) is 11.6 Å². The molecule has 2 amide bonds. The van der Waals surface area contributed by atoms with Crippen LogP contribution in [0.25, 0.3) is 0 Å². The van der Waals surface area contributed by atoms with Crippen LogP contribution in [0.1, 0.15) is 43.2 Å². The van der Waals surface area contributed by atoms with Crippen LogP contribution in [0, 0.1) is 5.82 Å². The Balaban J connectivity index is 1.57. The van der Waals surface area contributed by atoms with Gasteiger partial charge in [-0.05, 0) is 48.7 Å². The molecular weight excluding hydrogens is 625 g/mol. The van der Waals surface area contributed by atoms with Gasteiger partial charge in [0.05, 0.1) is 15.6 Å². The standard InChI is InChI=1S/C36H37ClFN3O4S/c37-31-21-11-13-23-33(31)41(46(44,45)30-19-8-3-9-20-30)26-35(42)40(25-28-16-10-12-22-32(28)38)34(24-27-14-4-1-5-15-27)36(43)39-29-17-6-2-7-18-29/h1,3-5,8-16,19-23,29,34H,2,6-7,17-18,24-26H2,(H,39,43)/t34-/m1/s1. The summed E-state index contributed by atoms with van der Waals surface area (Å²) < 4.78 is 44.2. The SMILES string of the molecule is O=C(NC1CCCCC1)[C@@H](Cc1ccccc1)N(Cc1ccccc1F)C(=O)CN(c1ccccc1Cl)S(=O)(=O)c1ccccc1. The molecule has 0 radical (unpaired) electrons. The molecule has 0 unspecified atom stereocenters. The van der Waals surface area contributed by atoms with E-state index in [9.17, 15) is 18.0 Å². The van der Waals surface area contributed by atoms with Gasteiger partial charge in [-0.15, -0.1) is 0 Å². The highest BCUT2D eigenvalue weighted by Gasteiger charge is 2.36. The van der Waals surface area contributed by atoms with Gasteiger partial charge in [-0.3, -0.25) is 13.9 Å². The van der Waals surface area contributed by atoms with Crippen molar-refractivity contribution < 1.29 is 22.4 Å². The van der Waals surface area contributed by atoms with Gasteiger partial charge < -0.3 is 10.2 Å². The average Bonchev–Trinajstić information content (AvgIpc) is 3.07. The third-order valence-corrected chi connectivity index (χ3v) is 10.3. The van der Waals surface area contributed by atoms with Crippen LogP contribution in [0.5, 0.6) is 0 Å². The number of amides is 2. The molecule has 0 aromatic heterocycles. The minimum absolute atomic E-state index is 0.0285. The van der Waals surface area contributed by atoms with E-state index in [0.29, 0.717) is 0 Å². The van der Waals surface area contributed by atoms with Crippen molar-refractivity contribution in [3.05, 3.63) is 131 Å². The maximum Gasteiger partial charge on any atom is 0.264 e. The summed E-state index contributed by atoms with van der Waals surface area (Å²) in [7, 11) is -4.29. The van der Waals surface area contributed by atoms with E-state index in [0.717, 1.165) is 42.0 Å². The number of carbonyl (C=O) groups excluding carboxylic acids is 2. The third kappa shape index (κ3) is 8.13. The zero-order chi connectivity index (χ0) is 32.5. The van der Waals surface area contributed by atoms with Gasteiger partial charge in [0.1, 0.15) is 18.4 Å². The van der Waals surface area contributed by atoms with Gasteiger partial charge in [-0.25, -0.2) is 12.8 Å². The molecule has 1 saturated carbocycles. The molecular formula is C36H37ClFN3O4S. The van der Waals surface area contributed by atoms with E-state index in [2.05, 4.69) is 5.32 Å². The number of sulfonamides is 1. The van der Waals surface area contributed by atoms with Gasteiger partial charge in [-0.2, -0.15) is 0 Å². The minimum atomic E-state index is -4.29. The Morgan fingerprint density at radius 2 is 1.43 bits per heavy atom. The lowest BCUT2D eigenvalue weighted by atomic mass is 9.94.